The molecule has 1 saturated heterocycles. The molecule has 1 fully saturated rings. The number of nitrogens with zero attached hydrogens (tertiary/aromatic N) is 5. The van der Waals surface area contributed by atoms with Gasteiger partial charge in [0.25, 0.3) is 0 Å². The second-order valence-corrected chi connectivity index (χ2v) is 7.60. The Balaban J connectivity index is 0.00000256. The van der Waals surface area contributed by atoms with Crippen molar-refractivity contribution in [3.8, 4) is 22.4 Å². The van der Waals surface area contributed by atoms with Crippen molar-refractivity contribution < 1.29 is 9.13 Å². The van der Waals surface area contributed by atoms with Gasteiger partial charge in [-0.25, -0.2) is 15.0 Å². The summed E-state index contributed by atoms with van der Waals surface area (Å²) in [5, 5.41) is 0. The average molecular weight is 430 g/mol. The maximum Gasteiger partial charge on any atom is 0.226 e. The first-order chi connectivity index (χ1) is 13.9. The maximum atomic E-state index is 13.6. The van der Waals surface area contributed by atoms with Crippen LogP contribution in [0.2, 0.25) is 0 Å². The topological polar surface area (TPSA) is 64.0 Å². The lowest BCUT2D eigenvalue weighted by molar-refractivity contribution is -0.00571. The molecule has 0 amide bonds. The third kappa shape index (κ3) is 4.57. The normalized spacial score (nSPS) is 18.8. The predicted octanol–water partition coefficient (Wildman–Crippen LogP) is 4.39. The van der Waals surface area contributed by atoms with E-state index in [1.807, 2.05) is 46.0 Å². The number of pyridine rings is 2. The summed E-state index contributed by atoms with van der Waals surface area (Å²) < 4.78 is 19.5. The molecule has 30 heavy (non-hydrogen) atoms. The molecule has 3 aromatic heterocycles. The molecule has 3 aromatic rings. The third-order valence-corrected chi connectivity index (χ3v) is 5.02. The monoisotopic (exact) mass is 429 g/mol. The molecule has 0 saturated carbocycles. The fraction of sp³-hybridized carbons (Fsp3) is 0.364. The van der Waals surface area contributed by atoms with E-state index in [0.29, 0.717) is 5.95 Å². The SMILES string of the molecule is Cc1cc(-c2cnc(N3CC(C)OC(C)C3)nc2-c2cnc(F)cc2C)ccn1.Cl. The Morgan fingerprint density at radius 2 is 1.70 bits per heavy atom. The molecule has 2 unspecified atom stereocenters. The van der Waals surface area contributed by atoms with Crippen molar-refractivity contribution in [3.63, 3.8) is 0 Å². The number of hydrogen-bond donors (Lipinski definition) is 0. The summed E-state index contributed by atoms with van der Waals surface area (Å²) >= 11 is 0. The number of halogens is 2. The van der Waals surface area contributed by atoms with Gasteiger partial charge < -0.3 is 9.64 Å². The summed E-state index contributed by atoms with van der Waals surface area (Å²) in [6, 6.07) is 5.35. The molecule has 4 heterocycles. The van der Waals surface area contributed by atoms with Crippen molar-refractivity contribution in [3.05, 3.63) is 54.0 Å². The number of ether oxygens (including phenoxy) is 1. The summed E-state index contributed by atoms with van der Waals surface area (Å²) in [6.45, 7) is 9.34. The first-order valence-corrected chi connectivity index (χ1v) is 9.73. The van der Waals surface area contributed by atoms with Crippen LogP contribution in [0.15, 0.2) is 36.8 Å². The molecule has 0 spiro atoms. The van der Waals surface area contributed by atoms with E-state index in [0.717, 1.165) is 46.7 Å². The lowest BCUT2D eigenvalue weighted by Gasteiger charge is -2.35. The number of aromatic nitrogens is 4. The number of anilines is 1. The van der Waals surface area contributed by atoms with Gasteiger partial charge in [0, 0.05) is 48.5 Å². The largest absolute Gasteiger partial charge is 0.372 e. The second kappa shape index (κ2) is 9.02. The quantitative estimate of drug-likeness (QED) is 0.575. The molecular weight excluding hydrogens is 405 g/mol. The Kier molecular flexibility index (Phi) is 6.63. The van der Waals surface area contributed by atoms with Crippen molar-refractivity contribution in [1.82, 2.24) is 19.9 Å². The van der Waals surface area contributed by atoms with E-state index < -0.39 is 5.95 Å². The zero-order chi connectivity index (χ0) is 20.5. The highest BCUT2D eigenvalue weighted by molar-refractivity contribution is 5.85. The van der Waals surface area contributed by atoms with Crippen LogP contribution in [0.25, 0.3) is 22.4 Å². The van der Waals surface area contributed by atoms with E-state index in [9.17, 15) is 4.39 Å². The highest BCUT2D eigenvalue weighted by Crippen LogP contribution is 2.33. The van der Waals surface area contributed by atoms with Crippen LogP contribution >= 0.6 is 12.4 Å². The van der Waals surface area contributed by atoms with Gasteiger partial charge in [-0.2, -0.15) is 4.39 Å². The molecule has 0 bridgehead atoms. The van der Waals surface area contributed by atoms with Crippen molar-refractivity contribution >= 4 is 18.4 Å². The molecule has 1 aliphatic rings. The van der Waals surface area contributed by atoms with E-state index in [-0.39, 0.29) is 24.6 Å². The molecule has 158 valence electrons. The first kappa shape index (κ1) is 22.1. The van der Waals surface area contributed by atoms with Crippen molar-refractivity contribution in [2.24, 2.45) is 0 Å². The number of aryl methyl sites for hydroxylation is 2. The van der Waals surface area contributed by atoms with Gasteiger partial charge in [-0.3, -0.25) is 4.98 Å². The molecule has 0 radical (unpaired) electrons. The van der Waals surface area contributed by atoms with E-state index in [2.05, 4.69) is 19.9 Å². The van der Waals surface area contributed by atoms with Gasteiger partial charge in [-0.1, -0.05) is 0 Å². The Bertz CT molecular complexity index is 1040. The standard InChI is InChI=1S/C22H24FN5O.ClH/c1-13-7-20(23)25-9-18(13)21-19(17-5-6-24-14(2)8-17)10-26-22(27-21)28-11-15(3)29-16(4)12-28;/h5-10,15-16H,11-12H2,1-4H3;1H. The van der Waals surface area contributed by atoms with Gasteiger partial charge >= 0.3 is 0 Å². The lowest BCUT2D eigenvalue weighted by atomic mass is 9.99. The Labute approximate surface area is 182 Å². The summed E-state index contributed by atoms with van der Waals surface area (Å²) in [5.41, 5.74) is 5.03. The molecule has 4 rings (SSSR count). The van der Waals surface area contributed by atoms with Crippen molar-refractivity contribution in [2.75, 3.05) is 18.0 Å². The maximum absolute atomic E-state index is 13.6. The smallest absolute Gasteiger partial charge is 0.226 e. The number of morpholine rings is 1. The molecule has 1 aliphatic heterocycles. The fourth-order valence-electron chi connectivity index (χ4n) is 3.77. The predicted molar refractivity (Wildman–Crippen MR) is 117 cm³/mol. The summed E-state index contributed by atoms with van der Waals surface area (Å²) in [7, 11) is 0. The molecule has 8 heteroatoms. The van der Waals surface area contributed by atoms with Gasteiger partial charge in [0.05, 0.1) is 17.9 Å². The van der Waals surface area contributed by atoms with Gasteiger partial charge in [0.1, 0.15) is 0 Å². The highest BCUT2D eigenvalue weighted by atomic mass is 35.5. The summed E-state index contributed by atoms with van der Waals surface area (Å²) in [4.78, 5) is 19.8. The van der Waals surface area contributed by atoms with Crippen molar-refractivity contribution in [2.45, 2.75) is 39.9 Å². The van der Waals surface area contributed by atoms with Crippen LogP contribution in [0.5, 0.6) is 0 Å². The van der Waals surface area contributed by atoms with Crippen LogP contribution in [0.1, 0.15) is 25.1 Å². The third-order valence-electron chi connectivity index (χ3n) is 5.02. The first-order valence-electron chi connectivity index (χ1n) is 9.73. The highest BCUT2D eigenvalue weighted by Gasteiger charge is 2.25. The minimum atomic E-state index is -0.502. The van der Waals surface area contributed by atoms with Crippen LogP contribution in [-0.4, -0.2) is 45.2 Å². The summed E-state index contributed by atoms with van der Waals surface area (Å²) in [6.07, 6.45) is 5.34. The van der Waals surface area contributed by atoms with Crippen molar-refractivity contribution in [1.29, 1.82) is 0 Å². The average Bonchev–Trinajstić information content (AvgIpc) is 2.67. The molecule has 2 atom stereocenters. The minimum absolute atomic E-state index is 0. The molecule has 0 aromatic carbocycles. The van der Waals surface area contributed by atoms with Crippen LogP contribution in [0, 0.1) is 19.8 Å². The summed E-state index contributed by atoms with van der Waals surface area (Å²) in [5.74, 6) is 0.137. The van der Waals surface area contributed by atoms with E-state index in [4.69, 9.17) is 9.72 Å². The number of hydrogen-bond acceptors (Lipinski definition) is 6. The van der Waals surface area contributed by atoms with Gasteiger partial charge in [-0.05, 0) is 57.0 Å². The van der Waals surface area contributed by atoms with Gasteiger partial charge in [0.15, 0.2) is 0 Å². The minimum Gasteiger partial charge on any atom is -0.372 e. The van der Waals surface area contributed by atoms with E-state index in [1.54, 1.807) is 12.4 Å². The van der Waals surface area contributed by atoms with Crippen LogP contribution in [0.4, 0.5) is 10.3 Å². The van der Waals surface area contributed by atoms with Gasteiger partial charge in [0.2, 0.25) is 11.9 Å². The molecule has 0 aliphatic carbocycles. The number of rotatable bonds is 3. The van der Waals surface area contributed by atoms with Crippen LogP contribution < -0.4 is 4.90 Å². The van der Waals surface area contributed by atoms with Gasteiger partial charge in [-0.15, -0.1) is 12.4 Å². The molecule has 0 N–H and O–H groups in total. The molecule has 6 nitrogen and oxygen atoms in total. The van der Waals surface area contributed by atoms with E-state index >= 15 is 0 Å². The Morgan fingerprint density at radius 1 is 1.00 bits per heavy atom. The van der Waals surface area contributed by atoms with Crippen LogP contribution in [0.3, 0.4) is 0 Å². The zero-order valence-corrected chi connectivity index (χ0v) is 18.3. The Hall–Kier alpha value is -2.64. The Morgan fingerprint density at radius 3 is 2.37 bits per heavy atom. The fourth-order valence-corrected chi connectivity index (χ4v) is 3.77. The van der Waals surface area contributed by atoms with Crippen LogP contribution in [-0.2, 0) is 4.74 Å². The molecular formula is C22H25ClFN5O. The lowest BCUT2D eigenvalue weighted by Crippen LogP contribution is -2.46. The second-order valence-electron chi connectivity index (χ2n) is 7.60. The van der Waals surface area contributed by atoms with E-state index in [1.165, 1.54) is 6.07 Å². The zero-order valence-electron chi connectivity index (χ0n) is 17.5.